The van der Waals surface area contributed by atoms with Gasteiger partial charge in [0, 0.05) is 49.6 Å². The van der Waals surface area contributed by atoms with Crippen LogP contribution in [0.5, 0.6) is 0 Å². The van der Waals surface area contributed by atoms with E-state index in [2.05, 4.69) is 41.0 Å². The summed E-state index contributed by atoms with van der Waals surface area (Å²) < 4.78 is 2.47. The van der Waals surface area contributed by atoms with Crippen molar-refractivity contribution in [3.05, 3.63) is 64.4 Å². The van der Waals surface area contributed by atoms with Gasteiger partial charge in [-0.2, -0.15) is 0 Å². The quantitative estimate of drug-likeness (QED) is 0.190. The van der Waals surface area contributed by atoms with Crippen molar-refractivity contribution < 1.29 is 0 Å². The van der Waals surface area contributed by atoms with Gasteiger partial charge in [0.1, 0.15) is 11.6 Å². The molecule has 7 rings (SSSR count). The molecule has 1 aromatic carbocycles. The van der Waals surface area contributed by atoms with Crippen LogP contribution in [0.1, 0.15) is 75.4 Å². The van der Waals surface area contributed by atoms with E-state index in [4.69, 9.17) is 39.6 Å². The van der Waals surface area contributed by atoms with Gasteiger partial charge in [0.15, 0.2) is 0 Å². The Morgan fingerprint density at radius 2 is 1.66 bits per heavy atom. The normalized spacial score (nSPS) is 18.3. The van der Waals surface area contributed by atoms with Crippen LogP contribution < -0.4 is 15.5 Å². The maximum atomic E-state index is 6.59. The fourth-order valence-electron chi connectivity index (χ4n) is 7.34. The van der Waals surface area contributed by atoms with Gasteiger partial charge in [-0.1, -0.05) is 48.5 Å². The number of hydrogen-bond acceptors (Lipinski definition) is 8. The lowest BCUT2D eigenvalue weighted by Crippen LogP contribution is -2.36. The summed E-state index contributed by atoms with van der Waals surface area (Å²) in [6.45, 7) is 4.62. The molecular weight excluding hydrogens is 629 g/mol. The predicted molar refractivity (Wildman–Crippen MR) is 189 cm³/mol. The molecular formula is C36H41Cl2N9. The van der Waals surface area contributed by atoms with E-state index >= 15 is 0 Å². The third kappa shape index (κ3) is 7.25. The summed E-state index contributed by atoms with van der Waals surface area (Å²) in [5.74, 6) is 6.48. The molecule has 0 amide bonds. The zero-order valence-corrected chi connectivity index (χ0v) is 28.1. The van der Waals surface area contributed by atoms with Gasteiger partial charge >= 0.3 is 0 Å². The lowest BCUT2D eigenvalue weighted by molar-refractivity contribution is 0.342. The number of terminal acetylenes is 1. The Balaban J connectivity index is 1.26. The maximum Gasteiger partial charge on any atom is 0.223 e. The Labute approximate surface area is 287 Å². The second-order valence-corrected chi connectivity index (χ2v) is 13.8. The molecule has 5 heterocycles. The lowest BCUT2D eigenvalue weighted by atomic mass is 9.94. The van der Waals surface area contributed by atoms with Gasteiger partial charge in [-0.25, -0.2) is 24.9 Å². The van der Waals surface area contributed by atoms with Gasteiger partial charge in [0.2, 0.25) is 11.8 Å². The first-order valence-corrected chi connectivity index (χ1v) is 17.7. The summed E-state index contributed by atoms with van der Waals surface area (Å²) in [7, 11) is 0. The minimum absolute atomic E-state index is 0.344. The van der Waals surface area contributed by atoms with Gasteiger partial charge < -0.3 is 20.1 Å². The summed E-state index contributed by atoms with van der Waals surface area (Å²) in [6, 6.07) is 10.2. The minimum Gasteiger partial charge on any atom is -0.356 e. The number of rotatable bonds is 8. The summed E-state index contributed by atoms with van der Waals surface area (Å²) in [4.78, 5) is 26.3. The van der Waals surface area contributed by atoms with Crippen molar-refractivity contribution in [3.8, 4) is 35.0 Å². The number of nitrogens with one attached hydrogen (secondary N) is 2. The standard InChI is InChI=1S/C36H41Cl2N9/c1-2-31-40-19-13-32(44-31)46-20-14-24(15-21-46)23-47-34(30-12-18-41-36(43-30)42-27-6-4-3-5-7-27)33(26-8-9-28(37)29(38)22-26)45-35(47)25-10-16-39-17-11-25/h1,8-9,12-13,18-19,22,24-25,27,39H,3-7,10-11,14-17,20-21,23H2,(H,41,42,43). The van der Waals surface area contributed by atoms with Gasteiger partial charge in [-0.05, 0) is 87.7 Å². The van der Waals surface area contributed by atoms with Crippen LogP contribution in [0.25, 0.3) is 22.6 Å². The lowest BCUT2D eigenvalue weighted by Gasteiger charge is -2.34. The van der Waals surface area contributed by atoms with Crippen LogP contribution in [0.15, 0.2) is 42.7 Å². The fourth-order valence-corrected chi connectivity index (χ4v) is 7.64. The average molecular weight is 671 g/mol. The Kier molecular flexibility index (Phi) is 9.89. The van der Waals surface area contributed by atoms with Crippen molar-refractivity contribution in [2.75, 3.05) is 36.4 Å². The highest BCUT2D eigenvalue weighted by molar-refractivity contribution is 6.42. The van der Waals surface area contributed by atoms with Crippen molar-refractivity contribution in [2.45, 2.75) is 76.3 Å². The van der Waals surface area contributed by atoms with Crippen molar-refractivity contribution in [1.29, 1.82) is 0 Å². The molecule has 3 aliphatic rings. The molecule has 1 aliphatic carbocycles. The number of anilines is 2. The first-order chi connectivity index (χ1) is 23.1. The van der Waals surface area contributed by atoms with Crippen LogP contribution in [0.4, 0.5) is 11.8 Å². The summed E-state index contributed by atoms with van der Waals surface area (Å²) in [5, 5.41) is 8.21. The molecule has 0 radical (unpaired) electrons. The first kappa shape index (κ1) is 31.9. The third-order valence-electron chi connectivity index (χ3n) is 9.88. The van der Waals surface area contributed by atoms with Gasteiger partial charge in [0.25, 0.3) is 0 Å². The first-order valence-electron chi connectivity index (χ1n) is 17.0. The highest BCUT2D eigenvalue weighted by Gasteiger charge is 2.30. The molecule has 2 N–H and O–H groups in total. The molecule has 2 saturated heterocycles. The van der Waals surface area contributed by atoms with E-state index in [-0.39, 0.29) is 0 Å². The largest absolute Gasteiger partial charge is 0.356 e. The summed E-state index contributed by atoms with van der Waals surface area (Å²) in [5.41, 5.74) is 3.71. The number of imidazole rings is 1. The molecule has 9 nitrogen and oxygen atoms in total. The molecule has 47 heavy (non-hydrogen) atoms. The number of aromatic nitrogens is 6. The molecule has 2 aliphatic heterocycles. The monoisotopic (exact) mass is 669 g/mol. The second-order valence-electron chi connectivity index (χ2n) is 13.0. The molecule has 244 valence electrons. The predicted octanol–water partition coefficient (Wildman–Crippen LogP) is 7.21. The van der Waals surface area contributed by atoms with Crippen LogP contribution in [-0.4, -0.2) is 61.7 Å². The Morgan fingerprint density at radius 1 is 0.872 bits per heavy atom. The van der Waals surface area contributed by atoms with E-state index in [1.807, 2.05) is 36.5 Å². The van der Waals surface area contributed by atoms with Crippen LogP contribution >= 0.6 is 23.2 Å². The minimum atomic E-state index is 0.344. The third-order valence-corrected chi connectivity index (χ3v) is 10.6. The average Bonchev–Trinajstić information content (AvgIpc) is 3.49. The number of halogens is 2. The number of benzene rings is 1. The molecule has 4 aromatic rings. The molecule has 3 fully saturated rings. The Hall–Kier alpha value is -3.71. The Morgan fingerprint density at radius 3 is 2.43 bits per heavy atom. The van der Waals surface area contributed by atoms with Crippen LogP contribution in [0, 0.1) is 18.3 Å². The summed E-state index contributed by atoms with van der Waals surface area (Å²) in [6.07, 6.45) is 19.4. The smallest absolute Gasteiger partial charge is 0.223 e. The second kappa shape index (κ2) is 14.6. The molecule has 11 heteroatoms. The van der Waals surface area contributed by atoms with Crippen molar-refractivity contribution in [1.82, 2.24) is 34.8 Å². The SMILES string of the molecule is C#Cc1nccc(N2CCC(Cn3c(C4CCNCC4)nc(-c4ccc(Cl)c(Cl)c4)c3-c3ccnc(NC4CCCCC4)n3)CC2)n1. The molecule has 0 bridgehead atoms. The fraction of sp³-hybridized carbons (Fsp3) is 0.472. The van der Waals surface area contributed by atoms with Crippen molar-refractivity contribution in [2.24, 2.45) is 5.92 Å². The van der Waals surface area contributed by atoms with E-state index in [1.165, 1.54) is 19.3 Å². The number of piperidine rings is 2. The van der Waals surface area contributed by atoms with E-state index in [9.17, 15) is 0 Å². The van der Waals surface area contributed by atoms with Crippen LogP contribution in [0.3, 0.4) is 0 Å². The topological polar surface area (TPSA) is 96.7 Å². The number of hydrogen-bond donors (Lipinski definition) is 2. The maximum absolute atomic E-state index is 6.59. The van der Waals surface area contributed by atoms with E-state index in [0.29, 0.717) is 39.7 Å². The molecule has 1 saturated carbocycles. The van der Waals surface area contributed by atoms with E-state index in [1.54, 1.807) is 6.20 Å². The zero-order chi connectivity index (χ0) is 32.2. The van der Waals surface area contributed by atoms with Gasteiger partial charge in [0.05, 0.1) is 27.1 Å². The van der Waals surface area contributed by atoms with E-state index < -0.39 is 0 Å². The van der Waals surface area contributed by atoms with Crippen molar-refractivity contribution in [3.63, 3.8) is 0 Å². The highest BCUT2D eigenvalue weighted by Crippen LogP contribution is 2.40. The van der Waals surface area contributed by atoms with Crippen LogP contribution in [0.2, 0.25) is 10.0 Å². The summed E-state index contributed by atoms with van der Waals surface area (Å²) >= 11 is 13.0. The molecule has 0 spiro atoms. The highest BCUT2D eigenvalue weighted by atomic mass is 35.5. The van der Waals surface area contributed by atoms with Crippen LogP contribution in [-0.2, 0) is 6.54 Å². The Bertz CT molecular complexity index is 1730. The number of nitrogens with zero attached hydrogens (tertiary/aromatic N) is 7. The van der Waals surface area contributed by atoms with Gasteiger partial charge in [-0.15, -0.1) is 6.42 Å². The molecule has 0 unspecified atom stereocenters. The van der Waals surface area contributed by atoms with Gasteiger partial charge in [-0.3, -0.25) is 0 Å². The molecule has 0 atom stereocenters. The van der Waals surface area contributed by atoms with Crippen molar-refractivity contribution >= 4 is 35.0 Å². The molecule has 3 aromatic heterocycles. The van der Waals surface area contributed by atoms with E-state index in [0.717, 1.165) is 106 Å². The zero-order valence-electron chi connectivity index (χ0n) is 26.6.